The second-order valence-electron chi connectivity index (χ2n) is 6.70. The molecule has 8 heteroatoms. The van der Waals surface area contributed by atoms with E-state index in [2.05, 4.69) is 23.8 Å². The number of rotatable bonds is 8. The number of thiazole rings is 1. The smallest absolute Gasteiger partial charge is 0.278 e. The monoisotopic (exact) mass is 421 g/mol. The number of aromatic nitrogens is 3. The van der Waals surface area contributed by atoms with Gasteiger partial charge in [-0.05, 0) is 45.1 Å². The Kier molecular flexibility index (Phi) is 7.98. The molecule has 0 fully saturated rings. The molecular formula is C20H28ClN5OS. The second kappa shape index (κ2) is 10.0. The van der Waals surface area contributed by atoms with E-state index in [9.17, 15) is 4.79 Å². The van der Waals surface area contributed by atoms with Crippen molar-refractivity contribution in [2.75, 3.05) is 31.1 Å². The number of nitrogens with zero attached hydrogens (tertiary/aromatic N) is 5. The number of carbonyl (C=O) groups is 1. The van der Waals surface area contributed by atoms with Gasteiger partial charge in [0.15, 0.2) is 5.13 Å². The minimum Gasteiger partial charge on any atom is -0.302 e. The van der Waals surface area contributed by atoms with Crippen LogP contribution in [0.3, 0.4) is 0 Å². The lowest BCUT2D eigenvalue weighted by Crippen LogP contribution is -2.39. The van der Waals surface area contributed by atoms with Crippen molar-refractivity contribution in [1.82, 2.24) is 19.7 Å². The van der Waals surface area contributed by atoms with Gasteiger partial charge >= 0.3 is 0 Å². The molecule has 0 radical (unpaired) electrons. The first-order valence-corrected chi connectivity index (χ1v) is 10.3. The molecule has 1 aromatic carbocycles. The fourth-order valence-electron chi connectivity index (χ4n) is 3.07. The average molecular weight is 422 g/mol. The van der Waals surface area contributed by atoms with Gasteiger partial charge in [0.05, 0.1) is 10.2 Å². The Balaban J connectivity index is 0.00000280. The molecule has 1 amide bonds. The molecule has 0 aliphatic rings. The molecule has 0 aliphatic carbocycles. The van der Waals surface area contributed by atoms with Crippen molar-refractivity contribution in [2.45, 2.75) is 33.7 Å². The van der Waals surface area contributed by atoms with Crippen molar-refractivity contribution >= 4 is 45.0 Å². The molecule has 0 saturated carbocycles. The highest BCUT2D eigenvalue weighted by Gasteiger charge is 2.25. The Morgan fingerprint density at radius 2 is 1.86 bits per heavy atom. The predicted octanol–water partition coefficient (Wildman–Crippen LogP) is 4.48. The van der Waals surface area contributed by atoms with Gasteiger partial charge in [-0.15, -0.1) is 12.4 Å². The lowest BCUT2D eigenvalue weighted by atomic mass is 10.3. The van der Waals surface area contributed by atoms with Crippen molar-refractivity contribution in [1.29, 1.82) is 0 Å². The van der Waals surface area contributed by atoms with Crippen LogP contribution < -0.4 is 4.90 Å². The molecule has 0 aliphatic heterocycles. The number of benzene rings is 1. The van der Waals surface area contributed by atoms with E-state index in [1.54, 1.807) is 33.2 Å². The van der Waals surface area contributed by atoms with Crippen LogP contribution >= 0.6 is 23.7 Å². The van der Waals surface area contributed by atoms with E-state index in [0.717, 1.165) is 35.0 Å². The van der Waals surface area contributed by atoms with Crippen molar-refractivity contribution in [3.63, 3.8) is 0 Å². The first kappa shape index (κ1) is 22.3. The van der Waals surface area contributed by atoms with Gasteiger partial charge in [-0.2, -0.15) is 5.10 Å². The summed E-state index contributed by atoms with van der Waals surface area (Å²) in [5.74, 6) is -0.0487. The summed E-state index contributed by atoms with van der Waals surface area (Å²) in [7, 11) is 0. The van der Waals surface area contributed by atoms with E-state index < -0.39 is 0 Å². The van der Waals surface area contributed by atoms with Crippen LogP contribution in [0, 0.1) is 0 Å². The summed E-state index contributed by atoms with van der Waals surface area (Å²) < 4.78 is 2.87. The highest BCUT2D eigenvalue weighted by atomic mass is 35.5. The molecule has 6 nitrogen and oxygen atoms in total. The van der Waals surface area contributed by atoms with Crippen LogP contribution in [0.1, 0.15) is 44.2 Å². The lowest BCUT2D eigenvalue weighted by Gasteiger charge is -2.25. The molecule has 2 aromatic heterocycles. The van der Waals surface area contributed by atoms with Gasteiger partial charge in [-0.1, -0.05) is 37.3 Å². The molecule has 0 atom stereocenters. The molecule has 0 N–H and O–H groups in total. The van der Waals surface area contributed by atoms with Crippen LogP contribution in [0.2, 0.25) is 0 Å². The maximum Gasteiger partial charge on any atom is 0.278 e. The second-order valence-corrected chi connectivity index (χ2v) is 7.71. The van der Waals surface area contributed by atoms with Gasteiger partial charge in [0, 0.05) is 25.3 Å². The molecule has 3 aromatic rings. The Morgan fingerprint density at radius 3 is 2.50 bits per heavy atom. The number of para-hydroxylation sites is 1. The van der Waals surface area contributed by atoms with Gasteiger partial charge in [0.25, 0.3) is 5.91 Å². The Morgan fingerprint density at radius 1 is 1.14 bits per heavy atom. The molecule has 0 unspecified atom stereocenters. The number of amides is 1. The predicted molar refractivity (Wildman–Crippen MR) is 119 cm³/mol. The van der Waals surface area contributed by atoms with Crippen LogP contribution in [0.15, 0.2) is 36.5 Å². The van der Waals surface area contributed by atoms with E-state index in [4.69, 9.17) is 4.98 Å². The summed E-state index contributed by atoms with van der Waals surface area (Å²) in [5.41, 5.74) is 1.53. The highest BCUT2D eigenvalue weighted by molar-refractivity contribution is 7.22. The molecule has 0 saturated heterocycles. The fourth-order valence-corrected chi connectivity index (χ4v) is 4.06. The number of hydrogen-bond acceptors (Lipinski definition) is 5. The first-order valence-electron chi connectivity index (χ1n) is 9.48. The minimum atomic E-state index is -0.0487. The van der Waals surface area contributed by atoms with E-state index in [1.807, 2.05) is 38.1 Å². The van der Waals surface area contributed by atoms with Crippen LogP contribution in [-0.2, 0) is 0 Å². The maximum atomic E-state index is 13.4. The van der Waals surface area contributed by atoms with Gasteiger partial charge in [0.2, 0.25) is 0 Å². The number of anilines is 1. The standard InChI is InChI=1S/C20H27N5OS.ClH/c1-5-23(6-2)13-14-24(19(26)17-11-12-21-25(17)15(3)4)20-22-16-9-7-8-10-18(16)27-20;/h7-12,15H,5-6,13-14H2,1-4H3;1H. The summed E-state index contributed by atoms with van der Waals surface area (Å²) in [6.45, 7) is 11.7. The van der Waals surface area contributed by atoms with Crippen molar-refractivity contribution < 1.29 is 4.79 Å². The maximum absolute atomic E-state index is 13.4. The summed E-state index contributed by atoms with van der Waals surface area (Å²) in [4.78, 5) is 22.3. The van der Waals surface area contributed by atoms with Crippen molar-refractivity contribution in [2.24, 2.45) is 0 Å². The third kappa shape index (κ3) is 4.71. The number of carbonyl (C=O) groups excluding carboxylic acids is 1. The Bertz CT molecular complexity index is 870. The van der Waals surface area contributed by atoms with Crippen LogP contribution in [0.25, 0.3) is 10.2 Å². The Hall–Kier alpha value is -1.96. The summed E-state index contributed by atoms with van der Waals surface area (Å²) in [6.07, 6.45) is 1.69. The van der Waals surface area contributed by atoms with Crippen LogP contribution in [0.5, 0.6) is 0 Å². The zero-order chi connectivity index (χ0) is 19.4. The SMILES string of the molecule is CCN(CC)CCN(C(=O)c1ccnn1C(C)C)c1nc2ccccc2s1.Cl. The number of hydrogen-bond donors (Lipinski definition) is 0. The fraction of sp³-hybridized carbons (Fsp3) is 0.450. The van der Waals surface area contributed by atoms with Crippen LogP contribution in [-0.4, -0.2) is 51.8 Å². The third-order valence-corrected chi connectivity index (χ3v) is 5.73. The topological polar surface area (TPSA) is 54.3 Å². The van der Waals surface area contributed by atoms with Crippen molar-refractivity contribution in [3.05, 3.63) is 42.2 Å². The highest BCUT2D eigenvalue weighted by Crippen LogP contribution is 2.29. The van der Waals surface area contributed by atoms with Gasteiger partial charge in [0.1, 0.15) is 5.69 Å². The molecule has 0 spiro atoms. The molecule has 0 bridgehead atoms. The van der Waals surface area contributed by atoms with Gasteiger partial charge in [-0.3, -0.25) is 14.4 Å². The molecule has 2 heterocycles. The minimum absolute atomic E-state index is 0. The normalized spacial score (nSPS) is 11.2. The number of fused-ring (bicyclic) bond motifs is 1. The zero-order valence-corrected chi connectivity index (χ0v) is 18.5. The molecule has 152 valence electrons. The number of likely N-dealkylation sites (N-methyl/N-ethyl adjacent to an activating group) is 1. The van der Waals surface area contributed by atoms with E-state index >= 15 is 0 Å². The quantitative estimate of drug-likeness (QED) is 0.538. The van der Waals surface area contributed by atoms with E-state index in [-0.39, 0.29) is 24.4 Å². The van der Waals surface area contributed by atoms with Gasteiger partial charge < -0.3 is 4.90 Å². The van der Waals surface area contributed by atoms with Crippen molar-refractivity contribution in [3.8, 4) is 0 Å². The zero-order valence-electron chi connectivity index (χ0n) is 16.8. The molecule has 28 heavy (non-hydrogen) atoms. The largest absolute Gasteiger partial charge is 0.302 e. The van der Waals surface area contributed by atoms with E-state index in [0.29, 0.717) is 12.2 Å². The average Bonchev–Trinajstić information content (AvgIpc) is 3.31. The van der Waals surface area contributed by atoms with Crippen LogP contribution in [0.4, 0.5) is 5.13 Å². The van der Waals surface area contributed by atoms with Gasteiger partial charge in [-0.25, -0.2) is 4.98 Å². The first-order chi connectivity index (χ1) is 13.0. The lowest BCUT2D eigenvalue weighted by molar-refractivity contribution is 0.0971. The van der Waals surface area contributed by atoms with E-state index in [1.165, 1.54) is 0 Å². The summed E-state index contributed by atoms with van der Waals surface area (Å²) in [6, 6.07) is 9.92. The third-order valence-electron chi connectivity index (χ3n) is 4.67. The Labute approximate surface area is 176 Å². The summed E-state index contributed by atoms with van der Waals surface area (Å²) in [5, 5.41) is 5.07. The molecular weight excluding hydrogens is 394 g/mol. The summed E-state index contributed by atoms with van der Waals surface area (Å²) >= 11 is 1.56. The molecule has 3 rings (SSSR count). The number of halogens is 1.